The molecular weight excluding hydrogens is 426 g/mol. The molecule has 0 fully saturated rings. The van der Waals surface area contributed by atoms with Crippen LogP contribution >= 0.6 is 0 Å². The van der Waals surface area contributed by atoms with E-state index in [0.717, 1.165) is 18.4 Å². The van der Waals surface area contributed by atoms with E-state index in [-0.39, 0.29) is 10.8 Å². The van der Waals surface area contributed by atoms with E-state index < -0.39 is 17.5 Å². The number of esters is 2. The summed E-state index contributed by atoms with van der Waals surface area (Å²) in [5.74, 6) is -0.813. The Labute approximate surface area is 201 Å². The molecule has 1 N–H and O–H groups in total. The minimum absolute atomic E-state index is 0.0387. The highest BCUT2D eigenvalue weighted by Crippen LogP contribution is 2.47. The summed E-state index contributed by atoms with van der Waals surface area (Å²) in [4.78, 5) is 28.9. The van der Waals surface area contributed by atoms with Crippen molar-refractivity contribution < 1.29 is 19.1 Å². The monoisotopic (exact) mass is 461 g/mol. The summed E-state index contributed by atoms with van der Waals surface area (Å²) in [5.41, 5.74) is 5.41. The van der Waals surface area contributed by atoms with E-state index in [0.29, 0.717) is 27.7 Å². The molecule has 5 heteroatoms. The predicted molar refractivity (Wildman–Crippen MR) is 136 cm³/mol. The standard InChI is InChI=1S/C29H35NO4/c1-27(2,3)34-26(32)23-19-11-9-18(25(31)33-8)16-22(19)30-24(23)17-10-12-20-21(15-17)29(6,7)14-13-28(20,4)5/h9-12,15-16,30H,13-14H2,1-8H3. The van der Waals surface area contributed by atoms with Crippen LogP contribution in [0.1, 0.15) is 93.2 Å². The van der Waals surface area contributed by atoms with Crippen molar-refractivity contribution in [1.82, 2.24) is 4.98 Å². The smallest absolute Gasteiger partial charge is 0.341 e. The highest BCUT2D eigenvalue weighted by Gasteiger charge is 2.37. The molecule has 0 spiro atoms. The highest BCUT2D eigenvalue weighted by molar-refractivity contribution is 6.11. The van der Waals surface area contributed by atoms with Crippen LogP contribution in [0.3, 0.4) is 0 Å². The number of methoxy groups -OCH3 is 1. The molecule has 180 valence electrons. The zero-order valence-corrected chi connectivity index (χ0v) is 21.5. The van der Waals surface area contributed by atoms with E-state index in [9.17, 15) is 9.59 Å². The molecule has 0 atom stereocenters. The average Bonchev–Trinajstić information content (AvgIpc) is 3.14. The van der Waals surface area contributed by atoms with Gasteiger partial charge < -0.3 is 14.5 Å². The molecule has 0 amide bonds. The van der Waals surface area contributed by atoms with Crippen LogP contribution in [0.2, 0.25) is 0 Å². The summed E-state index contributed by atoms with van der Waals surface area (Å²) in [6, 6.07) is 11.7. The molecule has 2 aromatic carbocycles. The zero-order valence-electron chi connectivity index (χ0n) is 21.5. The number of benzene rings is 2. The fourth-order valence-electron chi connectivity index (χ4n) is 4.94. The van der Waals surface area contributed by atoms with Gasteiger partial charge in [0.2, 0.25) is 0 Å². The fourth-order valence-corrected chi connectivity index (χ4v) is 4.94. The van der Waals surface area contributed by atoms with E-state index in [1.807, 2.05) is 20.8 Å². The number of carbonyl (C=O) groups excluding carboxylic acids is 2. The van der Waals surface area contributed by atoms with E-state index in [1.165, 1.54) is 18.2 Å². The number of carbonyl (C=O) groups is 2. The summed E-state index contributed by atoms with van der Waals surface area (Å²) in [6.07, 6.45) is 2.24. The van der Waals surface area contributed by atoms with Crippen LogP contribution in [-0.4, -0.2) is 29.6 Å². The Hall–Kier alpha value is -3.08. The quantitative estimate of drug-likeness (QED) is 0.430. The van der Waals surface area contributed by atoms with Gasteiger partial charge in [-0.25, -0.2) is 9.59 Å². The van der Waals surface area contributed by atoms with Gasteiger partial charge >= 0.3 is 11.9 Å². The third-order valence-corrected chi connectivity index (χ3v) is 6.96. The van der Waals surface area contributed by atoms with Crippen molar-refractivity contribution in [2.45, 2.75) is 77.7 Å². The largest absolute Gasteiger partial charge is 0.465 e. The Morgan fingerprint density at radius 3 is 2.15 bits per heavy atom. The second-order valence-electron chi connectivity index (χ2n) is 11.7. The topological polar surface area (TPSA) is 68.4 Å². The highest BCUT2D eigenvalue weighted by atomic mass is 16.6. The first-order chi connectivity index (χ1) is 15.7. The Morgan fingerprint density at radius 2 is 1.53 bits per heavy atom. The summed E-state index contributed by atoms with van der Waals surface area (Å²) in [7, 11) is 1.36. The van der Waals surface area contributed by atoms with E-state index in [4.69, 9.17) is 9.47 Å². The van der Waals surface area contributed by atoms with Crippen LogP contribution in [0.15, 0.2) is 36.4 Å². The lowest BCUT2D eigenvalue weighted by atomic mass is 9.63. The number of hydrogen-bond donors (Lipinski definition) is 1. The summed E-state index contributed by atoms with van der Waals surface area (Å²) < 4.78 is 10.7. The summed E-state index contributed by atoms with van der Waals surface area (Å²) in [6.45, 7) is 14.7. The molecule has 0 saturated heterocycles. The van der Waals surface area contributed by atoms with Crippen molar-refractivity contribution in [2.24, 2.45) is 0 Å². The first-order valence-corrected chi connectivity index (χ1v) is 11.9. The van der Waals surface area contributed by atoms with Crippen molar-refractivity contribution in [1.29, 1.82) is 0 Å². The third kappa shape index (κ3) is 4.24. The third-order valence-electron chi connectivity index (χ3n) is 6.96. The Bertz CT molecular complexity index is 1290. The van der Waals surface area contributed by atoms with Crippen LogP contribution in [0.25, 0.3) is 22.2 Å². The van der Waals surface area contributed by atoms with Gasteiger partial charge in [0.1, 0.15) is 5.60 Å². The van der Waals surface area contributed by atoms with Gasteiger partial charge in [0, 0.05) is 10.9 Å². The fraction of sp³-hybridized carbons (Fsp3) is 0.448. The van der Waals surface area contributed by atoms with Gasteiger partial charge in [-0.05, 0) is 79.3 Å². The molecule has 1 heterocycles. The molecule has 1 aliphatic carbocycles. The molecule has 5 nitrogen and oxygen atoms in total. The molecular formula is C29H35NO4. The second kappa shape index (κ2) is 8.00. The van der Waals surface area contributed by atoms with Gasteiger partial charge in [0.15, 0.2) is 0 Å². The molecule has 1 aliphatic rings. The van der Waals surface area contributed by atoms with Crippen molar-refractivity contribution in [3.8, 4) is 11.3 Å². The number of aromatic nitrogens is 1. The first kappa shape index (κ1) is 24.1. The first-order valence-electron chi connectivity index (χ1n) is 11.9. The molecule has 0 aliphatic heterocycles. The van der Waals surface area contributed by atoms with Crippen LogP contribution in [0, 0.1) is 0 Å². The maximum atomic E-state index is 13.4. The number of aromatic amines is 1. The van der Waals surface area contributed by atoms with Gasteiger partial charge in [-0.3, -0.25) is 0 Å². The number of H-pyrrole nitrogens is 1. The molecule has 0 saturated carbocycles. The number of rotatable bonds is 3. The molecule has 0 bridgehead atoms. The van der Waals surface area contributed by atoms with Crippen LogP contribution in [-0.2, 0) is 20.3 Å². The molecule has 0 unspecified atom stereocenters. The lowest BCUT2D eigenvalue weighted by Crippen LogP contribution is -2.33. The van der Waals surface area contributed by atoms with Crippen LogP contribution in [0.5, 0.6) is 0 Å². The van der Waals surface area contributed by atoms with Crippen LogP contribution in [0.4, 0.5) is 0 Å². The van der Waals surface area contributed by atoms with Crippen molar-refractivity contribution >= 4 is 22.8 Å². The van der Waals surface area contributed by atoms with Crippen molar-refractivity contribution in [3.05, 3.63) is 58.7 Å². The van der Waals surface area contributed by atoms with Crippen molar-refractivity contribution in [2.75, 3.05) is 7.11 Å². The predicted octanol–water partition coefficient (Wildman–Crippen LogP) is 6.93. The molecule has 34 heavy (non-hydrogen) atoms. The Balaban J connectivity index is 1.95. The van der Waals surface area contributed by atoms with E-state index in [2.05, 4.69) is 50.9 Å². The maximum Gasteiger partial charge on any atom is 0.341 e. The SMILES string of the molecule is COC(=O)c1ccc2c(C(=O)OC(C)(C)C)c(-c3ccc4c(c3)C(C)(C)CCC4(C)C)[nH]c2c1. The molecule has 3 aromatic rings. The normalized spacial score (nSPS) is 16.7. The van der Waals surface area contributed by atoms with Gasteiger partial charge in [-0.2, -0.15) is 0 Å². The van der Waals surface area contributed by atoms with Gasteiger partial charge in [-0.15, -0.1) is 0 Å². The van der Waals surface area contributed by atoms with Gasteiger partial charge in [0.25, 0.3) is 0 Å². The zero-order chi connectivity index (χ0) is 25.1. The summed E-state index contributed by atoms with van der Waals surface area (Å²) in [5, 5.41) is 0.717. The Morgan fingerprint density at radius 1 is 0.882 bits per heavy atom. The summed E-state index contributed by atoms with van der Waals surface area (Å²) >= 11 is 0. The van der Waals surface area contributed by atoms with Crippen molar-refractivity contribution in [3.63, 3.8) is 0 Å². The number of ether oxygens (including phenoxy) is 2. The minimum Gasteiger partial charge on any atom is -0.465 e. The second-order valence-corrected chi connectivity index (χ2v) is 11.7. The number of nitrogens with one attached hydrogen (secondary N) is 1. The van der Waals surface area contributed by atoms with E-state index >= 15 is 0 Å². The average molecular weight is 462 g/mol. The van der Waals surface area contributed by atoms with E-state index in [1.54, 1.807) is 18.2 Å². The minimum atomic E-state index is -0.633. The van der Waals surface area contributed by atoms with Gasteiger partial charge in [-0.1, -0.05) is 45.9 Å². The van der Waals surface area contributed by atoms with Gasteiger partial charge in [0.05, 0.1) is 23.9 Å². The lowest BCUT2D eigenvalue weighted by molar-refractivity contribution is 0.00726. The number of hydrogen-bond acceptors (Lipinski definition) is 4. The Kier molecular flexibility index (Phi) is 5.66. The maximum absolute atomic E-state index is 13.4. The molecule has 0 radical (unpaired) electrons. The molecule has 1 aromatic heterocycles. The lowest BCUT2D eigenvalue weighted by Gasteiger charge is -2.42. The van der Waals surface area contributed by atoms with Crippen LogP contribution < -0.4 is 0 Å². The molecule has 4 rings (SSSR count). The number of fused-ring (bicyclic) bond motifs is 2.